The molecular weight excluding hydrogens is 216 g/mol. The van der Waals surface area contributed by atoms with Crippen LogP contribution in [-0.4, -0.2) is 15.7 Å². The van der Waals surface area contributed by atoms with Crippen LogP contribution in [0.15, 0.2) is 12.4 Å². The summed E-state index contributed by atoms with van der Waals surface area (Å²) < 4.78 is 1.72. The first-order valence-electron chi connectivity index (χ1n) is 5.87. The molecule has 1 rings (SSSR count). The lowest BCUT2D eigenvalue weighted by atomic mass is 9.83. The Morgan fingerprint density at radius 3 is 2.59 bits per heavy atom. The highest BCUT2D eigenvalue weighted by Gasteiger charge is 2.35. The second kappa shape index (κ2) is 5.48. The first-order valence-corrected chi connectivity index (χ1v) is 5.87. The fourth-order valence-corrected chi connectivity index (χ4v) is 1.63. The minimum absolute atomic E-state index is 0.249. The summed E-state index contributed by atoms with van der Waals surface area (Å²) >= 11 is 0. The normalized spacial score (nSPS) is 10.9. The van der Waals surface area contributed by atoms with Crippen molar-refractivity contribution in [2.24, 2.45) is 5.41 Å². The van der Waals surface area contributed by atoms with E-state index in [1.54, 1.807) is 17.1 Å². The van der Waals surface area contributed by atoms with Gasteiger partial charge in [0.05, 0.1) is 18.0 Å². The van der Waals surface area contributed by atoms with Crippen molar-refractivity contribution in [1.29, 1.82) is 5.26 Å². The molecular formula is C12H18N4O. The Hall–Kier alpha value is -1.83. The molecule has 0 fully saturated rings. The van der Waals surface area contributed by atoms with E-state index in [0.29, 0.717) is 18.5 Å². The number of hydrogen-bond donors (Lipinski definition) is 1. The van der Waals surface area contributed by atoms with Crippen LogP contribution >= 0.6 is 0 Å². The summed E-state index contributed by atoms with van der Waals surface area (Å²) in [6.45, 7) is 6.42. The van der Waals surface area contributed by atoms with Crippen LogP contribution < -0.4 is 5.32 Å². The molecule has 0 aliphatic carbocycles. The maximum atomic E-state index is 12.1. The Balaban J connectivity index is 2.81. The summed E-state index contributed by atoms with van der Waals surface area (Å²) in [4.78, 5) is 12.1. The van der Waals surface area contributed by atoms with E-state index in [9.17, 15) is 4.79 Å². The van der Waals surface area contributed by atoms with Crippen molar-refractivity contribution in [2.45, 2.75) is 40.2 Å². The van der Waals surface area contributed by atoms with Gasteiger partial charge in [-0.05, 0) is 19.8 Å². The van der Waals surface area contributed by atoms with Crippen LogP contribution in [0.2, 0.25) is 0 Å². The first kappa shape index (κ1) is 13.2. The molecule has 1 heterocycles. The van der Waals surface area contributed by atoms with E-state index in [1.807, 2.05) is 20.8 Å². The van der Waals surface area contributed by atoms with Gasteiger partial charge in [-0.1, -0.05) is 13.8 Å². The predicted molar refractivity (Wildman–Crippen MR) is 65.2 cm³/mol. The predicted octanol–water partition coefficient (Wildman–Crippen LogP) is 2.17. The van der Waals surface area contributed by atoms with E-state index < -0.39 is 5.41 Å². The number of aromatic nitrogens is 2. The lowest BCUT2D eigenvalue weighted by Gasteiger charge is -2.21. The molecule has 0 saturated carbocycles. The summed E-state index contributed by atoms with van der Waals surface area (Å²) in [5.74, 6) is -0.249. The van der Waals surface area contributed by atoms with Crippen LogP contribution in [0, 0.1) is 16.7 Å². The first-order chi connectivity index (χ1) is 8.11. The van der Waals surface area contributed by atoms with E-state index in [-0.39, 0.29) is 5.91 Å². The molecule has 0 aliphatic rings. The molecule has 5 nitrogen and oxygen atoms in total. The number of carbonyl (C=O) groups is 1. The molecule has 0 unspecified atom stereocenters. The molecule has 92 valence electrons. The Labute approximate surface area is 101 Å². The van der Waals surface area contributed by atoms with E-state index in [1.165, 1.54) is 0 Å². The highest BCUT2D eigenvalue weighted by atomic mass is 16.2. The van der Waals surface area contributed by atoms with Crippen molar-refractivity contribution in [3.05, 3.63) is 12.4 Å². The van der Waals surface area contributed by atoms with E-state index >= 15 is 0 Å². The van der Waals surface area contributed by atoms with E-state index in [4.69, 9.17) is 5.26 Å². The van der Waals surface area contributed by atoms with Crippen LogP contribution in [0.4, 0.5) is 5.69 Å². The van der Waals surface area contributed by atoms with Gasteiger partial charge >= 0.3 is 0 Å². The third-order valence-electron chi connectivity index (χ3n) is 3.07. The molecule has 0 bridgehead atoms. The lowest BCUT2D eigenvalue weighted by Crippen LogP contribution is -2.33. The summed E-state index contributed by atoms with van der Waals surface area (Å²) in [6.07, 6.45) is 4.36. The van der Waals surface area contributed by atoms with Crippen LogP contribution in [0.5, 0.6) is 0 Å². The van der Waals surface area contributed by atoms with Crippen LogP contribution in [-0.2, 0) is 11.3 Å². The van der Waals surface area contributed by atoms with Crippen molar-refractivity contribution in [1.82, 2.24) is 9.78 Å². The quantitative estimate of drug-likeness (QED) is 0.848. The Morgan fingerprint density at radius 2 is 2.18 bits per heavy atom. The second-order valence-electron chi connectivity index (χ2n) is 3.94. The third-order valence-corrected chi connectivity index (χ3v) is 3.07. The van der Waals surface area contributed by atoms with Gasteiger partial charge < -0.3 is 5.32 Å². The molecule has 0 saturated heterocycles. The average molecular weight is 234 g/mol. The molecule has 0 aliphatic heterocycles. The molecule has 17 heavy (non-hydrogen) atoms. The number of nitrogens with zero attached hydrogens (tertiary/aromatic N) is 3. The lowest BCUT2D eigenvalue weighted by molar-refractivity contribution is -0.123. The summed E-state index contributed by atoms with van der Waals surface area (Å²) in [6, 6.07) is 2.12. The number of hydrogen-bond acceptors (Lipinski definition) is 3. The Bertz CT molecular complexity index is 426. The third kappa shape index (κ3) is 2.64. The smallest absolute Gasteiger partial charge is 0.244 e. The largest absolute Gasteiger partial charge is 0.322 e. The van der Waals surface area contributed by atoms with Crippen molar-refractivity contribution in [3.8, 4) is 6.07 Å². The maximum Gasteiger partial charge on any atom is 0.244 e. The molecule has 1 N–H and O–H groups in total. The van der Waals surface area contributed by atoms with Gasteiger partial charge in [0.25, 0.3) is 0 Å². The summed E-state index contributed by atoms with van der Waals surface area (Å²) in [5, 5.41) is 16.0. The highest BCUT2D eigenvalue weighted by molar-refractivity contribution is 5.96. The SMILES string of the molecule is CCn1cc(NC(=O)C(C#N)(CC)CC)cn1. The topological polar surface area (TPSA) is 70.7 Å². The van der Waals surface area contributed by atoms with Gasteiger partial charge in [0.1, 0.15) is 5.41 Å². The van der Waals surface area contributed by atoms with Gasteiger partial charge in [-0.25, -0.2) is 0 Å². The number of nitrogens with one attached hydrogen (secondary N) is 1. The molecule has 1 aromatic heterocycles. The standard InChI is InChI=1S/C12H18N4O/c1-4-12(5-2,9-13)11(17)15-10-7-14-16(6-3)8-10/h7-8H,4-6H2,1-3H3,(H,15,17). The van der Waals surface area contributed by atoms with Crippen molar-refractivity contribution in [2.75, 3.05) is 5.32 Å². The molecule has 1 aromatic rings. The molecule has 0 aromatic carbocycles. The van der Waals surface area contributed by atoms with Crippen molar-refractivity contribution >= 4 is 11.6 Å². The fourth-order valence-electron chi connectivity index (χ4n) is 1.63. The van der Waals surface area contributed by atoms with Gasteiger partial charge in [-0.3, -0.25) is 9.48 Å². The number of carbonyl (C=O) groups excluding carboxylic acids is 1. The molecule has 0 spiro atoms. The van der Waals surface area contributed by atoms with Gasteiger partial charge in [0, 0.05) is 12.7 Å². The number of rotatable bonds is 5. The zero-order chi connectivity index (χ0) is 12.9. The van der Waals surface area contributed by atoms with Gasteiger partial charge in [0.2, 0.25) is 5.91 Å². The van der Waals surface area contributed by atoms with Crippen LogP contribution in [0.25, 0.3) is 0 Å². The number of amides is 1. The van der Waals surface area contributed by atoms with Crippen molar-refractivity contribution < 1.29 is 4.79 Å². The zero-order valence-electron chi connectivity index (χ0n) is 10.5. The Morgan fingerprint density at radius 1 is 1.53 bits per heavy atom. The number of anilines is 1. The molecule has 1 amide bonds. The highest BCUT2D eigenvalue weighted by Crippen LogP contribution is 2.27. The van der Waals surface area contributed by atoms with Crippen LogP contribution in [0.3, 0.4) is 0 Å². The minimum atomic E-state index is -0.936. The van der Waals surface area contributed by atoms with E-state index in [2.05, 4.69) is 16.5 Å². The minimum Gasteiger partial charge on any atom is -0.322 e. The number of nitriles is 1. The average Bonchev–Trinajstić information content (AvgIpc) is 2.80. The van der Waals surface area contributed by atoms with Gasteiger partial charge in [-0.15, -0.1) is 0 Å². The Kier molecular flexibility index (Phi) is 4.27. The number of aryl methyl sites for hydroxylation is 1. The monoisotopic (exact) mass is 234 g/mol. The molecule has 5 heteroatoms. The van der Waals surface area contributed by atoms with E-state index in [0.717, 1.165) is 6.54 Å². The second-order valence-corrected chi connectivity index (χ2v) is 3.94. The van der Waals surface area contributed by atoms with Crippen molar-refractivity contribution in [3.63, 3.8) is 0 Å². The zero-order valence-corrected chi connectivity index (χ0v) is 10.5. The van der Waals surface area contributed by atoms with Gasteiger partial charge in [0.15, 0.2) is 0 Å². The van der Waals surface area contributed by atoms with Gasteiger partial charge in [-0.2, -0.15) is 10.4 Å². The fraction of sp³-hybridized carbons (Fsp3) is 0.583. The van der Waals surface area contributed by atoms with Crippen LogP contribution in [0.1, 0.15) is 33.6 Å². The molecule has 0 radical (unpaired) electrons. The summed E-state index contributed by atoms with van der Waals surface area (Å²) in [7, 11) is 0. The molecule has 0 atom stereocenters. The summed E-state index contributed by atoms with van der Waals surface area (Å²) in [5.41, 5.74) is -0.299. The maximum absolute atomic E-state index is 12.1.